The van der Waals surface area contributed by atoms with Crippen molar-refractivity contribution in [3.8, 4) is 5.75 Å². The van der Waals surface area contributed by atoms with Gasteiger partial charge in [-0.25, -0.2) is 9.07 Å². The summed E-state index contributed by atoms with van der Waals surface area (Å²) >= 11 is 1.20. The van der Waals surface area contributed by atoms with Crippen molar-refractivity contribution in [1.82, 2.24) is 20.2 Å². The summed E-state index contributed by atoms with van der Waals surface area (Å²) in [5, 5.41) is 11.3. The van der Waals surface area contributed by atoms with Gasteiger partial charge in [0.1, 0.15) is 18.2 Å². The molecule has 0 radical (unpaired) electrons. The lowest BCUT2D eigenvalue weighted by molar-refractivity contribution is -0.118. The van der Waals surface area contributed by atoms with Crippen LogP contribution in [0.2, 0.25) is 0 Å². The van der Waals surface area contributed by atoms with Crippen molar-refractivity contribution in [1.29, 1.82) is 0 Å². The van der Waals surface area contributed by atoms with Crippen molar-refractivity contribution < 1.29 is 13.9 Å². The number of nitrogen functional groups attached to an aromatic ring is 1. The van der Waals surface area contributed by atoms with Gasteiger partial charge in [-0.2, -0.15) is 0 Å². The number of hydrogen-bond donors (Lipinski definition) is 2. The van der Waals surface area contributed by atoms with E-state index in [1.807, 2.05) is 24.3 Å². The lowest BCUT2D eigenvalue weighted by Crippen LogP contribution is -2.27. The van der Waals surface area contributed by atoms with E-state index in [1.165, 1.54) is 34.1 Å². The maximum absolute atomic E-state index is 12.9. The molecule has 0 atom stereocenters. The third kappa shape index (κ3) is 6.71. The average molecular weight is 444 g/mol. The molecule has 0 saturated carbocycles. The Morgan fingerprint density at radius 1 is 1.16 bits per heavy atom. The van der Waals surface area contributed by atoms with Gasteiger partial charge >= 0.3 is 0 Å². The second kappa shape index (κ2) is 10.8. The Balaban J connectivity index is 1.42. The van der Waals surface area contributed by atoms with Crippen LogP contribution in [0.1, 0.15) is 36.7 Å². The van der Waals surface area contributed by atoms with E-state index in [2.05, 4.69) is 29.4 Å². The fourth-order valence-electron chi connectivity index (χ4n) is 2.78. The van der Waals surface area contributed by atoms with Gasteiger partial charge in [0.15, 0.2) is 5.82 Å². The van der Waals surface area contributed by atoms with Crippen LogP contribution in [0.3, 0.4) is 0 Å². The SMILES string of the molecule is CC(C)c1ccc(OCc2nnc(SCC(=O)NCCc3ccc(F)cc3)n2N)cc1. The van der Waals surface area contributed by atoms with Crippen molar-refractivity contribution in [2.75, 3.05) is 18.1 Å². The highest BCUT2D eigenvalue weighted by atomic mass is 32.2. The quantitative estimate of drug-likeness (QED) is 0.369. The summed E-state index contributed by atoms with van der Waals surface area (Å²) in [6.07, 6.45) is 0.628. The van der Waals surface area contributed by atoms with Gasteiger partial charge in [0.2, 0.25) is 11.1 Å². The van der Waals surface area contributed by atoms with Gasteiger partial charge in [-0.3, -0.25) is 4.79 Å². The summed E-state index contributed by atoms with van der Waals surface area (Å²) < 4.78 is 20.0. The van der Waals surface area contributed by atoms with E-state index in [-0.39, 0.29) is 24.1 Å². The number of hydrogen-bond acceptors (Lipinski definition) is 6. The first-order valence-electron chi connectivity index (χ1n) is 9.98. The van der Waals surface area contributed by atoms with E-state index in [0.717, 1.165) is 11.3 Å². The first kappa shape index (κ1) is 22.6. The van der Waals surface area contributed by atoms with Crippen molar-refractivity contribution in [2.24, 2.45) is 0 Å². The fraction of sp³-hybridized carbons (Fsp3) is 0.318. The number of benzene rings is 2. The minimum atomic E-state index is -0.274. The molecule has 7 nitrogen and oxygen atoms in total. The molecule has 2 aromatic carbocycles. The summed E-state index contributed by atoms with van der Waals surface area (Å²) in [5.41, 5.74) is 2.20. The van der Waals surface area contributed by atoms with Gasteiger partial charge in [0.25, 0.3) is 0 Å². The zero-order valence-corrected chi connectivity index (χ0v) is 18.4. The molecule has 0 fully saturated rings. The lowest BCUT2D eigenvalue weighted by atomic mass is 10.0. The molecule has 31 heavy (non-hydrogen) atoms. The standard InChI is InChI=1S/C22H26FN5O2S/c1-15(2)17-5-9-19(10-6-17)30-13-20-26-27-22(28(20)24)31-14-21(29)25-12-11-16-3-7-18(23)8-4-16/h3-10,15H,11-14,24H2,1-2H3,(H,25,29). The largest absolute Gasteiger partial charge is 0.486 e. The van der Waals surface area contributed by atoms with Crippen molar-refractivity contribution in [3.63, 3.8) is 0 Å². The maximum Gasteiger partial charge on any atom is 0.230 e. The highest BCUT2D eigenvalue weighted by Gasteiger charge is 2.13. The second-order valence-electron chi connectivity index (χ2n) is 7.30. The molecule has 0 saturated heterocycles. The Bertz CT molecular complexity index is 990. The number of aromatic nitrogens is 3. The van der Waals surface area contributed by atoms with Crippen LogP contribution in [0, 0.1) is 5.82 Å². The number of nitrogens with zero attached hydrogens (tertiary/aromatic N) is 3. The zero-order chi connectivity index (χ0) is 22.2. The van der Waals surface area contributed by atoms with Crippen LogP contribution in [-0.2, 0) is 17.8 Å². The van der Waals surface area contributed by atoms with Crippen molar-refractivity contribution in [2.45, 2.75) is 37.9 Å². The number of thioether (sulfide) groups is 1. The smallest absolute Gasteiger partial charge is 0.230 e. The third-order valence-corrected chi connectivity index (χ3v) is 5.57. The summed E-state index contributed by atoms with van der Waals surface area (Å²) in [5.74, 6) is 7.43. The summed E-state index contributed by atoms with van der Waals surface area (Å²) in [6.45, 7) is 4.92. The number of amides is 1. The predicted molar refractivity (Wildman–Crippen MR) is 119 cm³/mol. The topological polar surface area (TPSA) is 95.1 Å². The molecule has 0 aliphatic carbocycles. The third-order valence-electron chi connectivity index (χ3n) is 4.63. The first-order chi connectivity index (χ1) is 14.9. The Morgan fingerprint density at radius 2 is 1.87 bits per heavy atom. The highest BCUT2D eigenvalue weighted by Crippen LogP contribution is 2.20. The van der Waals surface area contributed by atoms with Crippen LogP contribution >= 0.6 is 11.8 Å². The van der Waals surface area contributed by atoms with E-state index in [1.54, 1.807) is 12.1 Å². The number of halogens is 1. The molecule has 0 aliphatic heterocycles. The Morgan fingerprint density at radius 3 is 2.55 bits per heavy atom. The second-order valence-corrected chi connectivity index (χ2v) is 8.24. The van der Waals surface area contributed by atoms with Crippen molar-refractivity contribution in [3.05, 3.63) is 71.3 Å². The number of carbonyl (C=O) groups is 1. The summed E-state index contributed by atoms with van der Waals surface area (Å²) in [7, 11) is 0. The molecule has 9 heteroatoms. The summed E-state index contributed by atoms with van der Waals surface area (Å²) in [4.78, 5) is 12.0. The van der Waals surface area contributed by atoms with Gasteiger partial charge in [0, 0.05) is 6.54 Å². The molecule has 164 valence electrons. The minimum absolute atomic E-state index is 0.141. The molecule has 1 amide bonds. The van der Waals surface area contributed by atoms with Gasteiger partial charge in [-0.1, -0.05) is 49.9 Å². The van der Waals surface area contributed by atoms with Gasteiger partial charge in [-0.15, -0.1) is 10.2 Å². The van der Waals surface area contributed by atoms with Crippen LogP contribution in [0.25, 0.3) is 0 Å². The van der Waals surface area contributed by atoms with Crippen molar-refractivity contribution >= 4 is 17.7 Å². The number of nitrogens with one attached hydrogen (secondary N) is 1. The monoisotopic (exact) mass is 443 g/mol. The van der Waals surface area contributed by atoms with Crippen LogP contribution in [-0.4, -0.2) is 33.1 Å². The molecule has 0 aliphatic rings. The van der Waals surface area contributed by atoms with Crippen LogP contribution < -0.4 is 15.9 Å². The number of rotatable bonds is 10. The molecule has 3 aromatic rings. The average Bonchev–Trinajstić information content (AvgIpc) is 3.12. The van der Waals surface area contributed by atoms with Gasteiger partial charge in [0.05, 0.1) is 5.75 Å². The summed E-state index contributed by atoms with van der Waals surface area (Å²) in [6, 6.07) is 14.1. The molecular weight excluding hydrogens is 417 g/mol. The Hall–Kier alpha value is -3.07. The minimum Gasteiger partial charge on any atom is -0.486 e. The number of nitrogens with two attached hydrogens (primary N) is 1. The van der Waals surface area contributed by atoms with Crippen LogP contribution in [0.15, 0.2) is 53.7 Å². The van der Waals surface area contributed by atoms with Crippen LogP contribution in [0.4, 0.5) is 4.39 Å². The van der Waals surface area contributed by atoms with Gasteiger partial charge < -0.3 is 15.9 Å². The lowest BCUT2D eigenvalue weighted by Gasteiger charge is -2.09. The number of ether oxygens (including phenoxy) is 1. The highest BCUT2D eigenvalue weighted by molar-refractivity contribution is 7.99. The Labute approximate surface area is 185 Å². The maximum atomic E-state index is 12.9. The first-order valence-corrected chi connectivity index (χ1v) is 11.0. The van der Waals surface area contributed by atoms with Gasteiger partial charge in [-0.05, 0) is 47.7 Å². The molecule has 3 N–H and O–H groups in total. The molecule has 3 rings (SSSR count). The molecule has 1 aromatic heterocycles. The Kier molecular flexibility index (Phi) is 7.88. The van der Waals surface area contributed by atoms with E-state index < -0.39 is 0 Å². The molecule has 0 unspecified atom stereocenters. The van der Waals surface area contributed by atoms with E-state index in [4.69, 9.17) is 10.6 Å². The predicted octanol–water partition coefficient (Wildman–Crippen LogP) is 3.28. The zero-order valence-electron chi connectivity index (χ0n) is 17.5. The fourth-order valence-corrected chi connectivity index (χ4v) is 3.48. The normalized spacial score (nSPS) is 11.0. The van der Waals surface area contributed by atoms with Crippen LogP contribution in [0.5, 0.6) is 5.75 Å². The van der Waals surface area contributed by atoms with E-state index >= 15 is 0 Å². The molecule has 1 heterocycles. The molecular formula is C22H26FN5O2S. The van der Waals surface area contributed by atoms with E-state index in [9.17, 15) is 9.18 Å². The molecule has 0 bridgehead atoms. The van der Waals surface area contributed by atoms with E-state index in [0.29, 0.717) is 29.9 Å². The number of carbonyl (C=O) groups excluding carboxylic acids is 1. The molecule has 0 spiro atoms.